The van der Waals surface area contributed by atoms with Crippen LogP contribution in [-0.4, -0.2) is 9.97 Å². The maximum absolute atomic E-state index is 6.03. The van der Waals surface area contributed by atoms with Crippen LogP contribution in [0.4, 0.5) is 0 Å². The van der Waals surface area contributed by atoms with Gasteiger partial charge in [0.25, 0.3) is 0 Å². The Morgan fingerprint density at radius 2 is 1.82 bits per heavy atom. The minimum atomic E-state index is 0.438. The van der Waals surface area contributed by atoms with Crippen LogP contribution in [0.5, 0.6) is 0 Å². The maximum Gasteiger partial charge on any atom is 0.161 e. The fraction of sp³-hybridized carbons (Fsp3) is 0.167. The molecule has 17 heavy (non-hydrogen) atoms. The van der Waals surface area contributed by atoms with Crippen molar-refractivity contribution in [2.24, 2.45) is 0 Å². The number of hydrogen-bond acceptors (Lipinski definition) is 2. The Bertz CT molecular complexity index is 562. The second-order valence-corrected chi connectivity index (χ2v) is 5.71. The Morgan fingerprint density at radius 3 is 2.41 bits per heavy atom. The molecule has 2 rings (SSSR count). The van der Waals surface area contributed by atoms with Gasteiger partial charge in [-0.1, -0.05) is 33.6 Å². The van der Waals surface area contributed by atoms with E-state index in [-0.39, 0.29) is 0 Å². The van der Waals surface area contributed by atoms with Gasteiger partial charge in [0, 0.05) is 10.0 Å². The van der Waals surface area contributed by atoms with Crippen LogP contribution in [0.1, 0.15) is 11.3 Å². The second kappa shape index (κ2) is 5.04. The number of hydrogen-bond donors (Lipinski definition) is 0. The number of nitrogens with zero attached hydrogens (tertiary/aromatic N) is 2. The summed E-state index contributed by atoms with van der Waals surface area (Å²) in [5, 5.41) is 0.438. The van der Waals surface area contributed by atoms with Gasteiger partial charge in [0.05, 0.1) is 10.2 Å². The lowest BCUT2D eigenvalue weighted by atomic mass is 10.1. The van der Waals surface area contributed by atoms with Crippen molar-refractivity contribution in [1.29, 1.82) is 0 Å². The van der Waals surface area contributed by atoms with Gasteiger partial charge in [0.1, 0.15) is 5.15 Å². The fourth-order valence-corrected chi connectivity index (χ4v) is 2.08. The molecule has 2 aromatic rings. The van der Waals surface area contributed by atoms with Gasteiger partial charge in [0.15, 0.2) is 5.82 Å². The van der Waals surface area contributed by atoms with E-state index in [0.29, 0.717) is 11.0 Å². The summed E-state index contributed by atoms with van der Waals surface area (Å²) in [5.41, 5.74) is 2.94. The quantitative estimate of drug-likeness (QED) is 0.659. The van der Waals surface area contributed by atoms with Gasteiger partial charge in [-0.15, -0.1) is 0 Å². The van der Waals surface area contributed by atoms with Crippen molar-refractivity contribution in [2.45, 2.75) is 13.8 Å². The first-order valence-corrected chi connectivity index (χ1v) is 6.91. The Hall–Kier alpha value is -0.450. The predicted octanol–water partition coefficient (Wildman–Crippen LogP) is 4.94. The summed E-state index contributed by atoms with van der Waals surface area (Å²) in [6.07, 6.45) is 0. The van der Waals surface area contributed by atoms with Gasteiger partial charge in [-0.2, -0.15) is 0 Å². The lowest BCUT2D eigenvalue weighted by molar-refractivity contribution is 1.09. The van der Waals surface area contributed by atoms with Crippen molar-refractivity contribution in [3.8, 4) is 11.4 Å². The third-order valence-corrected chi connectivity index (χ3v) is 4.73. The second-order valence-electron chi connectivity index (χ2n) is 3.70. The van der Waals surface area contributed by atoms with E-state index in [2.05, 4.69) is 41.8 Å². The minimum absolute atomic E-state index is 0.438. The maximum atomic E-state index is 6.03. The third kappa shape index (κ3) is 2.69. The van der Waals surface area contributed by atoms with Crippen LogP contribution >= 0.6 is 43.5 Å². The van der Waals surface area contributed by atoms with E-state index < -0.39 is 0 Å². The van der Waals surface area contributed by atoms with E-state index in [1.165, 1.54) is 0 Å². The minimum Gasteiger partial charge on any atom is -0.232 e. The topological polar surface area (TPSA) is 25.8 Å². The highest BCUT2D eigenvalue weighted by Crippen LogP contribution is 2.28. The molecule has 0 unspecified atom stereocenters. The zero-order valence-corrected chi connectivity index (χ0v) is 13.2. The standard InChI is InChI=1S/C12H9Br2ClN2/c1-6-5-8(3-4-9(6)13)12-16-7(2)10(14)11(15)17-12/h3-5H,1-2H3. The molecule has 0 saturated heterocycles. The van der Waals surface area contributed by atoms with E-state index in [1.54, 1.807) is 0 Å². The monoisotopic (exact) mass is 374 g/mol. The van der Waals surface area contributed by atoms with Gasteiger partial charge >= 0.3 is 0 Å². The van der Waals surface area contributed by atoms with Crippen molar-refractivity contribution >= 4 is 43.5 Å². The van der Waals surface area contributed by atoms with Crippen LogP contribution in [0, 0.1) is 13.8 Å². The number of aromatic nitrogens is 2. The molecule has 0 bridgehead atoms. The summed E-state index contributed by atoms with van der Waals surface area (Å²) in [4.78, 5) is 8.68. The van der Waals surface area contributed by atoms with Crippen LogP contribution in [0.3, 0.4) is 0 Å². The largest absolute Gasteiger partial charge is 0.232 e. The molecule has 0 atom stereocenters. The van der Waals surface area contributed by atoms with Crippen molar-refractivity contribution in [3.63, 3.8) is 0 Å². The smallest absolute Gasteiger partial charge is 0.161 e. The first-order valence-electron chi connectivity index (χ1n) is 4.95. The van der Waals surface area contributed by atoms with Gasteiger partial charge in [-0.25, -0.2) is 9.97 Å². The molecule has 1 aromatic heterocycles. The molecule has 0 amide bonds. The highest BCUT2D eigenvalue weighted by molar-refractivity contribution is 9.10. The molecular weight excluding hydrogens is 367 g/mol. The summed E-state index contributed by atoms with van der Waals surface area (Å²) in [6.45, 7) is 3.92. The molecule has 0 aliphatic heterocycles. The van der Waals surface area contributed by atoms with Crippen LogP contribution in [0.15, 0.2) is 27.1 Å². The number of rotatable bonds is 1. The lowest BCUT2D eigenvalue weighted by Crippen LogP contribution is -1.94. The zero-order chi connectivity index (χ0) is 12.6. The van der Waals surface area contributed by atoms with Crippen molar-refractivity contribution in [2.75, 3.05) is 0 Å². The summed E-state index contributed by atoms with van der Waals surface area (Å²) in [6, 6.07) is 5.98. The van der Waals surface area contributed by atoms with Gasteiger partial charge < -0.3 is 0 Å². The molecule has 0 saturated carbocycles. The summed E-state index contributed by atoms with van der Waals surface area (Å²) in [7, 11) is 0. The number of aryl methyl sites for hydroxylation is 2. The van der Waals surface area contributed by atoms with Crippen LogP contribution in [-0.2, 0) is 0 Å². The summed E-state index contributed by atoms with van der Waals surface area (Å²) < 4.78 is 1.82. The Kier molecular flexibility index (Phi) is 3.85. The molecule has 0 spiro atoms. The molecule has 0 radical (unpaired) electrons. The van der Waals surface area contributed by atoms with Crippen molar-refractivity contribution in [3.05, 3.63) is 43.6 Å². The summed E-state index contributed by atoms with van der Waals surface area (Å²) >= 11 is 12.8. The average Bonchev–Trinajstić information content (AvgIpc) is 2.29. The molecule has 0 aliphatic carbocycles. The first kappa shape index (κ1) is 13.0. The molecule has 1 aromatic carbocycles. The van der Waals surface area contributed by atoms with Gasteiger partial charge in [-0.3, -0.25) is 0 Å². The third-order valence-electron chi connectivity index (χ3n) is 2.39. The average molecular weight is 376 g/mol. The van der Waals surface area contributed by atoms with E-state index in [4.69, 9.17) is 11.6 Å². The molecule has 0 N–H and O–H groups in total. The van der Waals surface area contributed by atoms with Crippen molar-refractivity contribution in [1.82, 2.24) is 9.97 Å². The van der Waals surface area contributed by atoms with Crippen LogP contribution in [0.25, 0.3) is 11.4 Å². The molecule has 2 nitrogen and oxygen atoms in total. The van der Waals surface area contributed by atoms with Crippen molar-refractivity contribution < 1.29 is 0 Å². The molecule has 1 heterocycles. The molecule has 5 heteroatoms. The number of benzene rings is 1. The lowest BCUT2D eigenvalue weighted by Gasteiger charge is -2.06. The highest BCUT2D eigenvalue weighted by atomic mass is 79.9. The first-order chi connectivity index (χ1) is 7.99. The Labute approximate surface area is 122 Å². The molecule has 0 fully saturated rings. The molecular formula is C12H9Br2ClN2. The van der Waals surface area contributed by atoms with E-state index in [1.807, 2.05) is 32.0 Å². The van der Waals surface area contributed by atoms with Gasteiger partial charge in [0.2, 0.25) is 0 Å². The van der Waals surface area contributed by atoms with E-state index in [9.17, 15) is 0 Å². The van der Waals surface area contributed by atoms with Crippen LogP contribution in [0.2, 0.25) is 5.15 Å². The normalized spacial score (nSPS) is 10.6. The highest BCUT2D eigenvalue weighted by Gasteiger charge is 2.09. The van der Waals surface area contributed by atoms with E-state index >= 15 is 0 Å². The molecule has 88 valence electrons. The predicted molar refractivity (Wildman–Crippen MR) is 77.4 cm³/mol. The fourth-order valence-electron chi connectivity index (χ4n) is 1.44. The van der Waals surface area contributed by atoms with Gasteiger partial charge in [-0.05, 0) is 47.5 Å². The molecule has 0 aliphatic rings. The number of halogens is 3. The SMILES string of the molecule is Cc1cc(-c2nc(C)c(Br)c(Cl)n2)ccc1Br. The Balaban J connectivity index is 2.57. The summed E-state index contributed by atoms with van der Waals surface area (Å²) in [5.74, 6) is 0.645. The zero-order valence-electron chi connectivity index (χ0n) is 9.26. The van der Waals surface area contributed by atoms with Crippen LogP contribution < -0.4 is 0 Å². The van der Waals surface area contributed by atoms with E-state index in [0.717, 1.165) is 25.8 Å². The Morgan fingerprint density at radius 1 is 1.12 bits per heavy atom.